The van der Waals surface area contributed by atoms with Crippen molar-refractivity contribution < 1.29 is 14.3 Å². The summed E-state index contributed by atoms with van der Waals surface area (Å²) in [5.74, 6) is 0.00679. The molecule has 3 rings (SSSR count). The standard InChI is InChI=1S/C18H21NO3/c1-22-17(21)15-13-18(15)9-11-19(12-10-18)16(20)8-7-14-5-3-2-4-6-14/h2-8,15H,9-13H2,1H3. The monoisotopic (exact) mass is 299 g/mol. The Morgan fingerprint density at radius 3 is 2.55 bits per heavy atom. The third kappa shape index (κ3) is 2.91. The summed E-state index contributed by atoms with van der Waals surface area (Å²) >= 11 is 0. The van der Waals surface area contributed by atoms with Crippen LogP contribution in [0.5, 0.6) is 0 Å². The molecule has 1 aliphatic carbocycles. The van der Waals surface area contributed by atoms with E-state index in [2.05, 4.69) is 0 Å². The molecule has 0 radical (unpaired) electrons. The molecular weight excluding hydrogens is 278 g/mol. The van der Waals surface area contributed by atoms with Gasteiger partial charge in [0.15, 0.2) is 0 Å². The molecule has 116 valence electrons. The molecule has 1 heterocycles. The Hall–Kier alpha value is -2.10. The predicted octanol–water partition coefficient (Wildman–Crippen LogP) is 2.50. The van der Waals surface area contributed by atoms with E-state index in [0.29, 0.717) is 0 Å². The third-order valence-electron chi connectivity index (χ3n) is 4.96. The zero-order chi connectivity index (χ0) is 15.6. The van der Waals surface area contributed by atoms with E-state index in [4.69, 9.17) is 4.74 Å². The zero-order valence-corrected chi connectivity index (χ0v) is 12.8. The molecule has 4 nitrogen and oxygen atoms in total. The van der Waals surface area contributed by atoms with Gasteiger partial charge in [-0.05, 0) is 36.3 Å². The summed E-state index contributed by atoms with van der Waals surface area (Å²) in [6, 6.07) is 9.81. The third-order valence-corrected chi connectivity index (χ3v) is 4.96. The second kappa shape index (κ2) is 5.95. The first-order valence-corrected chi connectivity index (χ1v) is 7.74. The molecule has 1 saturated heterocycles. The highest BCUT2D eigenvalue weighted by Crippen LogP contribution is 2.59. The SMILES string of the molecule is COC(=O)C1CC12CCN(C(=O)C=Cc1ccccc1)CC2. The first-order chi connectivity index (χ1) is 10.6. The number of hydrogen-bond donors (Lipinski definition) is 0. The molecule has 1 aromatic carbocycles. The van der Waals surface area contributed by atoms with Crippen LogP contribution in [0.3, 0.4) is 0 Å². The number of hydrogen-bond acceptors (Lipinski definition) is 3. The molecule has 1 unspecified atom stereocenters. The summed E-state index contributed by atoms with van der Waals surface area (Å²) in [6.45, 7) is 1.46. The van der Waals surface area contributed by atoms with E-state index in [1.807, 2.05) is 41.3 Å². The van der Waals surface area contributed by atoms with Crippen molar-refractivity contribution in [3.63, 3.8) is 0 Å². The van der Waals surface area contributed by atoms with Gasteiger partial charge in [-0.1, -0.05) is 30.3 Å². The number of likely N-dealkylation sites (tertiary alicyclic amines) is 1. The van der Waals surface area contributed by atoms with Crippen LogP contribution < -0.4 is 0 Å². The Balaban J connectivity index is 1.53. The first kappa shape index (κ1) is 14.8. The Bertz CT molecular complexity index is 586. The summed E-state index contributed by atoms with van der Waals surface area (Å²) in [5.41, 5.74) is 1.13. The lowest BCUT2D eigenvalue weighted by Crippen LogP contribution is -2.39. The van der Waals surface area contributed by atoms with Gasteiger partial charge in [0.05, 0.1) is 13.0 Å². The van der Waals surface area contributed by atoms with Crippen molar-refractivity contribution in [2.24, 2.45) is 11.3 Å². The molecule has 0 N–H and O–H groups in total. The minimum atomic E-state index is -0.0938. The number of carbonyl (C=O) groups excluding carboxylic acids is 2. The van der Waals surface area contributed by atoms with Gasteiger partial charge < -0.3 is 9.64 Å². The van der Waals surface area contributed by atoms with E-state index in [1.165, 1.54) is 7.11 Å². The number of amides is 1. The van der Waals surface area contributed by atoms with Crippen LogP contribution in [-0.4, -0.2) is 37.0 Å². The summed E-state index contributed by atoms with van der Waals surface area (Å²) in [4.78, 5) is 25.7. The highest BCUT2D eigenvalue weighted by molar-refractivity contribution is 5.91. The van der Waals surface area contributed by atoms with E-state index in [1.54, 1.807) is 6.08 Å². The second-order valence-electron chi connectivity index (χ2n) is 6.21. The van der Waals surface area contributed by atoms with Crippen LogP contribution >= 0.6 is 0 Å². The molecule has 1 aliphatic heterocycles. The normalized spacial score (nSPS) is 22.8. The molecule has 1 spiro atoms. The van der Waals surface area contributed by atoms with E-state index in [-0.39, 0.29) is 23.2 Å². The molecule has 2 fully saturated rings. The summed E-state index contributed by atoms with van der Waals surface area (Å²) in [7, 11) is 1.45. The molecule has 0 aromatic heterocycles. The maximum atomic E-state index is 12.2. The van der Waals surface area contributed by atoms with Crippen molar-refractivity contribution in [1.29, 1.82) is 0 Å². The molecule has 1 saturated carbocycles. The lowest BCUT2D eigenvalue weighted by atomic mass is 9.91. The largest absolute Gasteiger partial charge is 0.469 e. The van der Waals surface area contributed by atoms with Crippen molar-refractivity contribution in [2.75, 3.05) is 20.2 Å². The summed E-state index contributed by atoms with van der Waals surface area (Å²) in [5, 5.41) is 0. The van der Waals surface area contributed by atoms with Crippen molar-refractivity contribution in [2.45, 2.75) is 19.3 Å². The van der Waals surface area contributed by atoms with Gasteiger partial charge in [0.25, 0.3) is 0 Å². The Morgan fingerprint density at radius 2 is 1.91 bits per heavy atom. The number of ether oxygens (including phenoxy) is 1. The van der Waals surface area contributed by atoms with Crippen molar-refractivity contribution in [3.05, 3.63) is 42.0 Å². The van der Waals surface area contributed by atoms with Crippen LogP contribution in [0.25, 0.3) is 6.08 Å². The van der Waals surface area contributed by atoms with E-state index in [0.717, 1.165) is 37.9 Å². The number of rotatable bonds is 3. The molecule has 2 aliphatic rings. The first-order valence-electron chi connectivity index (χ1n) is 7.74. The van der Waals surface area contributed by atoms with Crippen LogP contribution in [0.4, 0.5) is 0 Å². The van der Waals surface area contributed by atoms with Gasteiger partial charge in [-0.15, -0.1) is 0 Å². The van der Waals surface area contributed by atoms with Gasteiger partial charge in [0.1, 0.15) is 0 Å². The lowest BCUT2D eigenvalue weighted by molar-refractivity contribution is -0.143. The number of carbonyl (C=O) groups is 2. The molecule has 1 aromatic rings. The lowest BCUT2D eigenvalue weighted by Gasteiger charge is -2.32. The van der Waals surface area contributed by atoms with Gasteiger partial charge in [0.2, 0.25) is 5.91 Å². The maximum absolute atomic E-state index is 12.2. The average Bonchev–Trinajstić information content (AvgIpc) is 3.27. The molecular formula is C18H21NO3. The fourth-order valence-electron chi connectivity index (χ4n) is 3.39. The fraction of sp³-hybridized carbons (Fsp3) is 0.444. The Labute approximate surface area is 130 Å². The number of methoxy groups -OCH3 is 1. The van der Waals surface area contributed by atoms with Crippen LogP contribution in [0.15, 0.2) is 36.4 Å². The topological polar surface area (TPSA) is 46.6 Å². The molecule has 1 amide bonds. The quantitative estimate of drug-likeness (QED) is 0.636. The van der Waals surface area contributed by atoms with Crippen LogP contribution in [-0.2, 0) is 14.3 Å². The van der Waals surface area contributed by atoms with Crippen molar-refractivity contribution in [3.8, 4) is 0 Å². The average molecular weight is 299 g/mol. The van der Waals surface area contributed by atoms with Gasteiger partial charge >= 0.3 is 5.97 Å². The smallest absolute Gasteiger partial charge is 0.309 e. The number of benzene rings is 1. The predicted molar refractivity (Wildman–Crippen MR) is 83.8 cm³/mol. The highest BCUT2D eigenvalue weighted by atomic mass is 16.5. The maximum Gasteiger partial charge on any atom is 0.309 e. The molecule has 22 heavy (non-hydrogen) atoms. The van der Waals surface area contributed by atoms with E-state index >= 15 is 0 Å². The summed E-state index contributed by atoms with van der Waals surface area (Å²) < 4.78 is 4.83. The minimum Gasteiger partial charge on any atom is -0.469 e. The number of piperidine rings is 1. The highest BCUT2D eigenvalue weighted by Gasteiger charge is 2.59. The van der Waals surface area contributed by atoms with Gasteiger partial charge in [-0.3, -0.25) is 9.59 Å². The Morgan fingerprint density at radius 1 is 1.23 bits per heavy atom. The van der Waals surface area contributed by atoms with Crippen molar-refractivity contribution in [1.82, 2.24) is 4.90 Å². The van der Waals surface area contributed by atoms with Crippen molar-refractivity contribution >= 4 is 18.0 Å². The molecule has 4 heteroatoms. The van der Waals surface area contributed by atoms with Crippen LogP contribution in [0, 0.1) is 11.3 Å². The molecule has 0 bridgehead atoms. The van der Waals surface area contributed by atoms with E-state index < -0.39 is 0 Å². The van der Waals surface area contributed by atoms with Gasteiger partial charge in [-0.25, -0.2) is 0 Å². The minimum absolute atomic E-state index is 0.0500. The fourth-order valence-corrected chi connectivity index (χ4v) is 3.39. The molecule has 1 atom stereocenters. The van der Waals surface area contributed by atoms with Crippen LogP contribution in [0.1, 0.15) is 24.8 Å². The second-order valence-corrected chi connectivity index (χ2v) is 6.21. The zero-order valence-electron chi connectivity index (χ0n) is 12.8. The van der Waals surface area contributed by atoms with E-state index in [9.17, 15) is 9.59 Å². The van der Waals surface area contributed by atoms with Gasteiger partial charge in [0, 0.05) is 19.2 Å². The van der Waals surface area contributed by atoms with Crippen LogP contribution in [0.2, 0.25) is 0 Å². The number of nitrogens with zero attached hydrogens (tertiary/aromatic N) is 1. The Kier molecular flexibility index (Phi) is 4.01. The summed E-state index contributed by atoms with van der Waals surface area (Å²) in [6.07, 6.45) is 6.20. The number of esters is 1. The van der Waals surface area contributed by atoms with Gasteiger partial charge in [-0.2, -0.15) is 0 Å².